The van der Waals surface area contributed by atoms with E-state index >= 15 is 0 Å². The molecule has 0 saturated carbocycles. The van der Waals surface area contributed by atoms with E-state index in [-0.39, 0.29) is 11.1 Å². The molecule has 1 aliphatic heterocycles. The van der Waals surface area contributed by atoms with E-state index in [1.54, 1.807) is 25.3 Å². The van der Waals surface area contributed by atoms with Gasteiger partial charge in [-0.05, 0) is 41.6 Å². The largest absolute Gasteiger partial charge is 0.493 e. The van der Waals surface area contributed by atoms with Crippen molar-refractivity contribution in [1.82, 2.24) is 5.32 Å². The topological polar surface area (TPSA) is 71.4 Å². The smallest absolute Gasteiger partial charge is 0.264 e. The van der Waals surface area contributed by atoms with Crippen molar-refractivity contribution in [2.24, 2.45) is 0 Å². The molecule has 2 aromatic carbocycles. The molecule has 5 nitrogen and oxygen atoms in total. The minimum absolute atomic E-state index is 0.112. The Kier molecular flexibility index (Phi) is 5.31. The zero-order valence-electron chi connectivity index (χ0n) is 13.3. The number of hydrogen-bond donors (Lipinski definition) is 2. The summed E-state index contributed by atoms with van der Waals surface area (Å²) in [7, 11) is 1.56. The van der Waals surface area contributed by atoms with Crippen LogP contribution in [-0.4, -0.2) is 18.2 Å². The van der Waals surface area contributed by atoms with Gasteiger partial charge >= 0.3 is 0 Å². The number of ether oxygens (including phenoxy) is 2. The third kappa shape index (κ3) is 4.15. The second-order valence-corrected chi connectivity index (χ2v) is 6.68. The summed E-state index contributed by atoms with van der Waals surface area (Å²) in [5.74, 6) is 0.803. The fraction of sp³-hybridized carbons (Fsp3) is 0.111. The normalized spacial score (nSPS) is 15.4. The quantitative estimate of drug-likeness (QED) is 0.774. The lowest BCUT2D eigenvalue weighted by atomic mass is 10.1. The molecule has 0 radical (unpaired) electrons. The van der Waals surface area contributed by atoms with Crippen LogP contribution in [0.1, 0.15) is 11.1 Å². The number of rotatable bonds is 5. The first kappa shape index (κ1) is 17.4. The molecule has 25 heavy (non-hydrogen) atoms. The van der Waals surface area contributed by atoms with Gasteiger partial charge in [-0.1, -0.05) is 35.9 Å². The van der Waals surface area contributed by atoms with Crippen molar-refractivity contribution in [3.8, 4) is 11.5 Å². The van der Waals surface area contributed by atoms with Gasteiger partial charge in [-0.3, -0.25) is 10.2 Å². The minimum Gasteiger partial charge on any atom is -0.493 e. The Morgan fingerprint density at radius 2 is 2.08 bits per heavy atom. The zero-order chi connectivity index (χ0) is 17.8. The predicted octanol–water partition coefficient (Wildman–Crippen LogP) is 4.07. The van der Waals surface area contributed by atoms with Gasteiger partial charge < -0.3 is 14.8 Å². The first-order chi connectivity index (χ1) is 12.1. The summed E-state index contributed by atoms with van der Waals surface area (Å²) in [6.07, 6.45) is 1.69. The second-order valence-electron chi connectivity index (χ2n) is 5.19. The van der Waals surface area contributed by atoms with Crippen molar-refractivity contribution in [2.45, 2.75) is 6.61 Å². The van der Waals surface area contributed by atoms with Gasteiger partial charge in [0.05, 0.1) is 12.0 Å². The molecule has 0 spiro atoms. The van der Waals surface area contributed by atoms with E-state index in [1.807, 2.05) is 30.3 Å². The van der Waals surface area contributed by atoms with Crippen LogP contribution in [0.5, 0.6) is 11.5 Å². The zero-order valence-corrected chi connectivity index (χ0v) is 14.9. The fourth-order valence-electron chi connectivity index (χ4n) is 2.33. The van der Waals surface area contributed by atoms with Gasteiger partial charge in [0.1, 0.15) is 6.61 Å². The molecule has 2 aromatic rings. The lowest BCUT2D eigenvalue weighted by Crippen LogP contribution is -2.18. The Morgan fingerprint density at radius 1 is 1.28 bits per heavy atom. The molecule has 0 aromatic heterocycles. The summed E-state index contributed by atoms with van der Waals surface area (Å²) in [5, 5.41) is 10.7. The first-order valence-corrected chi connectivity index (χ1v) is 8.60. The Morgan fingerprint density at radius 3 is 2.76 bits per heavy atom. The number of amidine groups is 1. The lowest BCUT2D eigenvalue weighted by molar-refractivity contribution is -0.115. The van der Waals surface area contributed by atoms with Gasteiger partial charge in [0.15, 0.2) is 16.7 Å². The molecule has 0 unspecified atom stereocenters. The van der Waals surface area contributed by atoms with Gasteiger partial charge in [0, 0.05) is 10.6 Å². The van der Waals surface area contributed by atoms with Crippen LogP contribution in [0.2, 0.25) is 5.02 Å². The van der Waals surface area contributed by atoms with Gasteiger partial charge in [-0.25, -0.2) is 0 Å². The maximum absolute atomic E-state index is 11.8. The molecule has 0 atom stereocenters. The van der Waals surface area contributed by atoms with Crippen molar-refractivity contribution >= 4 is 40.5 Å². The average Bonchev–Trinajstić information content (AvgIpc) is 2.90. The number of para-hydroxylation sites is 1. The van der Waals surface area contributed by atoms with Crippen LogP contribution < -0.4 is 14.8 Å². The van der Waals surface area contributed by atoms with Gasteiger partial charge in [-0.15, -0.1) is 0 Å². The van der Waals surface area contributed by atoms with Crippen molar-refractivity contribution in [2.75, 3.05) is 7.11 Å². The third-order valence-electron chi connectivity index (χ3n) is 3.45. The number of benzene rings is 2. The Balaban J connectivity index is 1.90. The molecule has 128 valence electrons. The number of thioether (sulfide) groups is 1. The number of amides is 1. The highest BCUT2D eigenvalue weighted by atomic mass is 35.5. The number of nitrogens with one attached hydrogen (secondary N) is 2. The van der Waals surface area contributed by atoms with Crippen molar-refractivity contribution in [3.63, 3.8) is 0 Å². The van der Waals surface area contributed by atoms with E-state index < -0.39 is 0 Å². The summed E-state index contributed by atoms with van der Waals surface area (Å²) in [6.45, 7) is 0.312. The Bertz CT molecular complexity index is 867. The third-order valence-corrected chi connectivity index (χ3v) is 4.52. The van der Waals surface area contributed by atoms with Crippen molar-refractivity contribution in [3.05, 3.63) is 63.5 Å². The van der Waals surface area contributed by atoms with E-state index in [9.17, 15) is 4.79 Å². The van der Waals surface area contributed by atoms with Gasteiger partial charge in [0.2, 0.25) is 0 Å². The fourth-order valence-corrected chi connectivity index (χ4v) is 3.23. The van der Waals surface area contributed by atoms with Crippen LogP contribution in [-0.2, 0) is 11.4 Å². The predicted molar refractivity (Wildman–Crippen MR) is 100 cm³/mol. The minimum atomic E-state index is -0.293. The summed E-state index contributed by atoms with van der Waals surface area (Å²) in [4.78, 5) is 12.3. The summed E-state index contributed by atoms with van der Waals surface area (Å²) < 4.78 is 11.3. The van der Waals surface area contributed by atoms with E-state index in [0.29, 0.717) is 33.6 Å². The van der Waals surface area contributed by atoms with E-state index in [2.05, 4.69) is 5.32 Å². The highest BCUT2D eigenvalue weighted by Crippen LogP contribution is 2.35. The van der Waals surface area contributed by atoms with E-state index in [1.165, 1.54) is 0 Å². The van der Waals surface area contributed by atoms with Crippen molar-refractivity contribution in [1.29, 1.82) is 5.41 Å². The highest BCUT2D eigenvalue weighted by Gasteiger charge is 2.23. The van der Waals surface area contributed by atoms with Crippen LogP contribution in [0.4, 0.5) is 0 Å². The van der Waals surface area contributed by atoms with Gasteiger partial charge in [0.25, 0.3) is 5.91 Å². The van der Waals surface area contributed by atoms with E-state index in [4.69, 9.17) is 26.5 Å². The molecule has 1 aliphatic rings. The molecular formula is C18H15ClN2O3S. The molecule has 0 bridgehead atoms. The summed E-state index contributed by atoms with van der Waals surface area (Å²) in [5.41, 5.74) is 1.63. The monoisotopic (exact) mass is 374 g/mol. The number of carbonyl (C=O) groups excluding carboxylic acids is 1. The van der Waals surface area contributed by atoms with Crippen LogP contribution in [0.15, 0.2) is 47.4 Å². The summed E-state index contributed by atoms with van der Waals surface area (Å²) in [6, 6.07) is 12.8. The maximum Gasteiger partial charge on any atom is 0.264 e. The molecular weight excluding hydrogens is 360 g/mol. The SMILES string of the molecule is COc1cccc(/C=C2/SC(=N)NC2=O)c1OCc1cccc(Cl)c1. The molecule has 3 rings (SSSR count). The number of methoxy groups -OCH3 is 1. The molecule has 2 N–H and O–H groups in total. The Hall–Kier alpha value is -2.44. The molecule has 1 amide bonds. The van der Waals surface area contributed by atoms with Gasteiger partial charge in [-0.2, -0.15) is 0 Å². The first-order valence-electron chi connectivity index (χ1n) is 7.40. The van der Waals surface area contributed by atoms with Crippen LogP contribution in [0.25, 0.3) is 6.08 Å². The number of halogens is 1. The molecule has 0 aliphatic carbocycles. The van der Waals surface area contributed by atoms with Crippen molar-refractivity contribution < 1.29 is 14.3 Å². The van der Waals surface area contributed by atoms with Crippen LogP contribution in [0.3, 0.4) is 0 Å². The lowest BCUT2D eigenvalue weighted by Gasteiger charge is -2.14. The standard InChI is InChI=1S/C18H15ClN2O3S/c1-23-14-7-3-5-12(9-15-17(22)21-18(20)25-15)16(14)24-10-11-4-2-6-13(19)8-11/h2-9H,10H2,1H3,(H2,20,21,22)/b15-9+. The molecule has 7 heteroatoms. The van der Waals surface area contributed by atoms with E-state index in [0.717, 1.165) is 17.3 Å². The number of hydrogen-bond acceptors (Lipinski definition) is 5. The van der Waals surface area contributed by atoms with Crippen LogP contribution in [0, 0.1) is 5.41 Å². The maximum atomic E-state index is 11.8. The highest BCUT2D eigenvalue weighted by molar-refractivity contribution is 8.18. The molecule has 1 saturated heterocycles. The number of carbonyl (C=O) groups is 1. The van der Waals surface area contributed by atoms with Crippen LogP contribution >= 0.6 is 23.4 Å². The summed E-state index contributed by atoms with van der Waals surface area (Å²) >= 11 is 7.08. The Labute approximate surface area is 154 Å². The molecule has 1 heterocycles. The second kappa shape index (κ2) is 7.63. The average molecular weight is 375 g/mol. The molecule has 1 fully saturated rings.